The molecule has 0 bridgehead atoms. The standard InChI is InChI=1S/C11H17F3N2O3/c1-2-10(9(18)19)4-3-5-16(10)8(17)6-15-7-11(12,13)14/h15H,2-7H2,1H3,(H,18,19). The van der Waals surface area contributed by atoms with Gasteiger partial charge in [0, 0.05) is 6.54 Å². The van der Waals surface area contributed by atoms with E-state index in [2.05, 4.69) is 0 Å². The number of nitrogens with zero attached hydrogens (tertiary/aromatic N) is 1. The Balaban J connectivity index is 2.63. The summed E-state index contributed by atoms with van der Waals surface area (Å²) in [6.45, 7) is 0.156. The normalized spacial score (nSPS) is 23.7. The molecule has 0 radical (unpaired) electrons. The Morgan fingerprint density at radius 3 is 2.53 bits per heavy atom. The van der Waals surface area contributed by atoms with E-state index in [-0.39, 0.29) is 13.0 Å². The van der Waals surface area contributed by atoms with Gasteiger partial charge < -0.3 is 15.3 Å². The monoisotopic (exact) mass is 282 g/mol. The highest BCUT2D eigenvalue weighted by Gasteiger charge is 2.48. The van der Waals surface area contributed by atoms with Gasteiger partial charge in [0.1, 0.15) is 5.54 Å². The first-order valence-electron chi connectivity index (χ1n) is 6.04. The number of nitrogens with one attached hydrogen (secondary N) is 1. The predicted molar refractivity (Wildman–Crippen MR) is 60.5 cm³/mol. The molecular formula is C11H17F3N2O3. The summed E-state index contributed by atoms with van der Waals surface area (Å²) in [5, 5.41) is 11.2. The smallest absolute Gasteiger partial charge is 0.401 e. The molecule has 2 N–H and O–H groups in total. The highest BCUT2D eigenvalue weighted by molar-refractivity contribution is 5.88. The molecule has 1 amide bonds. The molecule has 1 fully saturated rings. The van der Waals surface area contributed by atoms with Crippen LogP contribution in [0.2, 0.25) is 0 Å². The quantitative estimate of drug-likeness (QED) is 0.789. The van der Waals surface area contributed by atoms with Crippen molar-refractivity contribution in [2.45, 2.75) is 37.9 Å². The lowest BCUT2D eigenvalue weighted by molar-refractivity contribution is -0.157. The predicted octanol–water partition coefficient (Wildman–Crippen LogP) is 0.994. The maximum atomic E-state index is 11.9. The molecule has 1 aliphatic rings. The Morgan fingerprint density at radius 1 is 1.42 bits per heavy atom. The molecular weight excluding hydrogens is 265 g/mol. The molecule has 8 heteroatoms. The zero-order valence-electron chi connectivity index (χ0n) is 10.6. The summed E-state index contributed by atoms with van der Waals surface area (Å²) in [5.74, 6) is -1.71. The largest absolute Gasteiger partial charge is 0.479 e. The van der Waals surface area contributed by atoms with Crippen molar-refractivity contribution in [2.75, 3.05) is 19.6 Å². The molecule has 1 aliphatic heterocycles. The summed E-state index contributed by atoms with van der Waals surface area (Å²) < 4.78 is 35.8. The first kappa shape index (κ1) is 15.7. The van der Waals surface area contributed by atoms with Gasteiger partial charge >= 0.3 is 12.1 Å². The van der Waals surface area contributed by atoms with Crippen molar-refractivity contribution in [3.05, 3.63) is 0 Å². The second-order valence-corrected chi connectivity index (χ2v) is 4.56. The topological polar surface area (TPSA) is 69.6 Å². The van der Waals surface area contributed by atoms with E-state index >= 15 is 0 Å². The van der Waals surface area contributed by atoms with Crippen LogP contribution in [0.1, 0.15) is 26.2 Å². The second-order valence-electron chi connectivity index (χ2n) is 4.56. The van der Waals surface area contributed by atoms with E-state index in [4.69, 9.17) is 0 Å². The highest BCUT2D eigenvalue weighted by atomic mass is 19.4. The Labute approximate surface area is 108 Å². The van der Waals surface area contributed by atoms with Crippen LogP contribution in [0, 0.1) is 0 Å². The van der Waals surface area contributed by atoms with Gasteiger partial charge in [-0.25, -0.2) is 4.79 Å². The zero-order valence-corrected chi connectivity index (χ0v) is 10.6. The minimum atomic E-state index is -4.39. The number of hydrogen-bond donors (Lipinski definition) is 2. The minimum absolute atomic E-state index is 0.243. The van der Waals surface area contributed by atoms with Crippen LogP contribution in [0.5, 0.6) is 0 Å². The molecule has 0 aromatic carbocycles. The summed E-state index contributed by atoms with van der Waals surface area (Å²) >= 11 is 0. The van der Waals surface area contributed by atoms with Crippen LogP contribution in [0.15, 0.2) is 0 Å². The lowest BCUT2D eigenvalue weighted by atomic mass is 9.93. The van der Waals surface area contributed by atoms with E-state index in [1.165, 1.54) is 4.90 Å². The lowest BCUT2D eigenvalue weighted by Crippen LogP contribution is -2.55. The molecule has 1 unspecified atom stereocenters. The van der Waals surface area contributed by atoms with Gasteiger partial charge in [-0.1, -0.05) is 6.92 Å². The third kappa shape index (κ3) is 3.59. The zero-order chi connectivity index (χ0) is 14.7. The number of hydrogen-bond acceptors (Lipinski definition) is 3. The molecule has 0 saturated carbocycles. The van der Waals surface area contributed by atoms with E-state index in [1.807, 2.05) is 5.32 Å². The number of halogens is 3. The van der Waals surface area contributed by atoms with Crippen molar-refractivity contribution in [2.24, 2.45) is 0 Å². The summed E-state index contributed by atoms with van der Waals surface area (Å²) in [7, 11) is 0. The molecule has 0 aliphatic carbocycles. The van der Waals surface area contributed by atoms with Crippen molar-refractivity contribution >= 4 is 11.9 Å². The number of carboxylic acids is 1. The maximum Gasteiger partial charge on any atom is 0.401 e. The SMILES string of the molecule is CCC1(C(=O)O)CCCN1C(=O)CNCC(F)(F)F. The van der Waals surface area contributed by atoms with Gasteiger partial charge in [0.25, 0.3) is 0 Å². The van der Waals surface area contributed by atoms with Crippen LogP contribution < -0.4 is 5.32 Å². The molecule has 19 heavy (non-hydrogen) atoms. The number of likely N-dealkylation sites (tertiary alicyclic amines) is 1. The summed E-state index contributed by atoms with van der Waals surface area (Å²) in [6.07, 6.45) is -3.26. The Kier molecular flexibility index (Phi) is 4.78. The molecule has 1 rings (SSSR count). The molecule has 110 valence electrons. The van der Waals surface area contributed by atoms with Crippen LogP contribution in [0.4, 0.5) is 13.2 Å². The average molecular weight is 282 g/mol. The molecule has 0 spiro atoms. The van der Waals surface area contributed by atoms with E-state index in [1.54, 1.807) is 6.92 Å². The van der Waals surface area contributed by atoms with Gasteiger partial charge in [-0.15, -0.1) is 0 Å². The van der Waals surface area contributed by atoms with Crippen LogP contribution in [-0.4, -0.2) is 53.2 Å². The van der Waals surface area contributed by atoms with Crippen molar-refractivity contribution in [3.63, 3.8) is 0 Å². The number of carbonyl (C=O) groups excluding carboxylic acids is 1. The summed E-state index contributed by atoms with van der Waals surface area (Å²) in [5.41, 5.74) is -1.27. The first-order chi connectivity index (χ1) is 8.73. The van der Waals surface area contributed by atoms with Gasteiger partial charge in [0.05, 0.1) is 13.1 Å². The Morgan fingerprint density at radius 2 is 2.05 bits per heavy atom. The minimum Gasteiger partial charge on any atom is -0.479 e. The molecule has 0 aromatic heterocycles. The second kappa shape index (κ2) is 5.77. The number of carbonyl (C=O) groups is 2. The number of carboxylic acid groups (broad SMARTS) is 1. The van der Waals surface area contributed by atoms with E-state index in [0.29, 0.717) is 12.8 Å². The van der Waals surface area contributed by atoms with Gasteiger partial charge in [-0.3, -0.25) is 4.79 Å². The van der Waals surface area contributed by atoms with Crippen LogP contribution in [0.3, 0.4) is 0 Å². The van der Waals surface area contributed by atoms with Crippen LogP contribution in [-0.2, 0) is 9.59 Å². The first-order valence-corrected chi connectivity index (χ1v) is 6.04. The van der Waals surface area contributed by atoms with E-state index in [9.17, 15) is 27.9 Å². The van der Waals surface area contributed by atoms with E-state index < -0.39 is 36.7 Å². The van der Waals surface area contributed by atoms with Gasteiger partial charge in [0.15, 0.2) is 0 Å². The summed E-state index contributed by atoms with van der Waals surface area (Å²) in [6, 6.07) is 0. The average Bonchev–Trinajstić information content (AvgIpc) is 2.71. The Bertz CT molecular complexity index is 360. The lowest BCUT2D eigenvalue weighted by Gasteiger charge is -2.34. The fourth-order valence-corrected chi connectivity index (χ4v) is 2.39. The number of alkyl halides is 3. The number of aliphatic carboxylic acids is 1. The molecule has 1 atom stereocenters. The van der Waals surface area contributed by atoms with Gasteiger partial charge in [0.2, 0.25) is 5.91 Å². The number of rotatable bonds is 5. The number of amides is 1. The van der Waals surface area contributed by atoms with Crippen molar-refractivity contribution in [3.8, 4) is 0 Å². The fourth-order valence-electron chi connectivity index (χ4n) is 2.39. The summed E-state index contributed by atoms with van der Waals surface area (Å²) in [4.78, 5) is 24.3. The molecule has 0 aromatic rings. The Hall–Kier alpha value is -1.31. The third-order valence-corrected chi connectivity index (χ3v) is 3.37. The van der Waals surface area contributed by atoms with Crippen LogP contribution >= 0.6 is 0 Å². The van der Waals surface area contributed by atoms with Crippen molar-refractivity contribution in [1.82, 2.24) is 10.2 Å². The third-order valence-electron chi connectivity index (χ3n) is 3.37. The molecule has 5 nitrogen and oxygen atoms in total. The van der Waals surface area contributed by atoms with Gasteiger partial charge in [-0.05, 0) is 19.3 Å². The van der Waals surface area contributed by atoms with Crippen LogP contribution in [0.25, 0.3) is 0 Å². The fraction of sp³-hybridized carbons (Fsp3) is 0.818. The van der Waals surface area contributed by atoms with Gasteiger partial charge in [-0.2, -0.15) is 13.2 Å². The maximum absolute atomic E-state index is 11.9. The highest BCUT2D eigenvalue weighted by Crippen LogP contribution is 2.32. The molecule has 1 saturated heterocycles. The van der Waals surface area contributed by atoms with E-state index in [0.717, 1.165) is 0 Å². The van der Waals surface area contributed by atoms with Crippen molar-refractivity contribution in [1.29, 1.82) is 0 Å². The molecule has 1 heterocycles. The van der Waals surface area contributed by atoms with Crippen molar-refractivity contribution < 1.29 is 27.9 Å².